The number of aromatic nitrogens is 1. The summed E-state index contributed by atoms with van der Waals surface area (Å²) in [6, 6.07) is 7.59. The highest BCUT2D eigenvalue weighted by molar-refractivity contribution is 8.01. The third kappa shape index (κ3) is 5.16. The molecule has 0 aliphatic heterocycles. The molecular weight excluding hydrogens is 318 g/mol. The molecule has 2 amide bonds. The number of amides is 2. The smallest absolute Gasteiger partial charge is 0.239 e. The van der Waals surface area contributed by atoms with Gasteiger partial charge in [-0.3, -0.25) is 9.59 Å². The van der Waals surface area contributed by atoms with E-state index in [-0.39, 0.29) is 22.8 Å². The van der Waals surface area contributed by atoms with Crippen molar-refractivity contribution in [2.75, 3.05) is 16.4 Å². The number of nitrogens with zero attached hydrogens (tertiary/aromatic N) is 1. The third-order valence-corrected chi connectivity index (χ3v) is 4.66. The third-order valence-electron chi connectivity index (χ3n) is 2.83. The monoisotopic (exact) mass is 335 g/mol. The molecule has 1 heterocycles. The maximum Gasteiger partial charge on any atom is 0.239 e. The minimum atomic E-state index is -0.326. The maximum absolute atomic E-state index is 11.9. The van der Waals surface area contributed by atoms with Crippen LogP contribution in [0.3, 0.4) is 0 Å². The van der Waals surface area contributed by atoms with Crippen molar-refractivity contribution in [3.63, 3.8) is 0 Å². The molecule has 0 aliphatic rings. The van der Waals surface area contributed by atoms with Crippen LogP contribution in [-0.2, 0) is 9.59 Å². The second kappa shape index (κ2) is 7.95. The Kier molecular flexibility index (Phi) is 5.97. The van der Waals surface area contributed by atoms with Gasteiger partial charge in [-0.25, -0.2) is 4.98 Å². The predicted molar refractivity (Wildman–Crippen MR) is 92.5 cm³/mol. The van der Waals surface area contributed by atoms with Crippen LogP contribution in [0.5, 0.6) is 0 Å². The molecule has 22 heavy (non-hydrogen) atoms. The molecule has 116 valence electrons. The fourth-order valence-corrected chi connectivity index (χ4v) is 2.82. The van der Waals surface area contributed by atoms with E-state index in [1.54, 1.807) is 18.5 Å². The predicted octanol–water partition coefficient (Wildman–Crippen LogP) is 3.15. The van der Waals surface area contributed by atoms with Crippen molar-refractivity contribution in [1.29, 1.82) is 0 Å². The first-order valence-corrected chi connectivity index (χ1v) is 8.66. The van der Waals surface area contributed by atoms with E-state index in [1.807, 2.05) is 31.2 Å². The zero-order valence-electron chi connectivity index (χ0n) is 12.3. The number of nitrogens with one attached hydrogen (secondary N) is 2. The summed E-state index contributed by atoms with van der Waals surface area (Å²) >= 11 is 2.65. The van der Waals surface area contributed by atoms with Crippen LogP contribution in [0.15, 0.2) is 35.8 Å². The summed E-state index contributed by atoms with van der Waals surface area (Å²) in [5, 5.41) is 7.56. The lowest BCUT2D eigenvalue weighted by atomic mass is 10.2. The van der Waals surface area contributed by atoms with E-state index in [2.05, 4.69) is 15.6 Å². The quantitative estimate of drug-likeness (QED) is 0.851. The minimum Gasteiger partial charge on any atom is -0.325 e. The number of hydrogen-bond acceptors (Lipinski definition) is 5. The fourth-order valence-electron chi connectivity index (χ4n) is 1.60. The number of carbonyl (C=O) groups is 2. The van der Waals surface area contributed by atoms with Gasteiger partial charge in [-0.15, -0.1) is 23.1 Å². The van der Waals surface area contributed by atoms with Crippen molar-refractivity contribution >= 4 is 45.7 Å². The van der Waals surface area contributed by atoms with Gasteiger partial charge in [-0.2, -0.15) is 0 Å². The van der Waals surface area contributed by atoms with Crippen LogP contribution >= 0.6 is 23.1 Å². The molecule has 7 heteroatoms. The van der Waals surface area contributed by atoms with Crippen LogP contribution in [0.4, 0.5) is 10.8 Å². The zero-order chi connectivity index (χ0) is 15.9. The molecule has 2 aromatic rings. The molecule has 0 saturated carbocycles. The van der Waals surface area contributed by atoms with Crippen LogP contribution in [0.1, 0.15) is 12.5 Å². The van der Waals surface area contributed by atoms with Crippen molar-refractivity contribution in [3.05, 3.63) is 41.4 Å². The molecule has 1 atom stereocenters. The summed E-state index contributed by atoms with van der Waals surface area (Å²) < 4.78 is 0. The Morgan fingerprint density at radius 1 is 1.27 bits per heavy atom. The van der Waals surface area contributed by atoms with Gasteiger partial charge in [-0.05, 0) is 26.0 Å². The lowest BCUT2D eigenvalue weighted by Gasteiger charge is -2.10. The highest BCUT2D eigenvalue weighted by Crippen LogP contribution is 2.16. The van der Waals surface area contributed by atoms with E-state index in [1.165, 1.54) is 23.1 Å². The molecule has 5 nitrogen and oxygen atoms in total. The van der Waals surface area contributed by atoms with Crippen LogP contribution in [0, 0.1) is 6.92 Å². The minimum absolute atomic E-state index is 0.122. The molecule has 0 bridgehead atoms. The summed E-state index contributed by atoms with van der Waals surface area (Å²) in [4.78, 5) is 27.8. The Morgan fingerprint density at radius 2 is 2.00 bits per heavy atom. The number of thiazole rings is 1. The molecule has 2 rings (SSSR count). The molecule has 0 radical (unpaired) electrons. The Balaban J connectivity index is 1.75. The first-order valence-electron chi connectivity index (χ1n) is 6.73. The van der Waals surface area contributed by atoms with E-state index < -0.39 is 0 Å². The molecule has 0 spiro atoms. The Bertz CT molecular complexity index is 627. The molecule has 0 fully saturated rings. The van der Waals surface area contributed by atoms with E-state index in [0.29, 0.717) is 5.13 Å². The molecule has 2 N–H and O–H groups in total. The average molecular weight is 335 g/mol. The van der Waals surface area contributed by atoms with E-state index >= 15 is 0 Å². The number of carbonyl (C=O) groups excluding carboxylic acids is 2. The zero-order valence-corrected chi connectivity index (χ0v) is 14.0. The first kappa shape index (κ1) is 16.5. The number of aryl methyl sites for hydroxylation is 1. The number of hydrogen-bond donors (Lipinski definition) is 2. The second-order valence-corrected chi connectivity index (χ2v) is 6.92. The lowest BCUT2D eigenvalue weighted by Crippen LogP contribution is -2.24. The van der Waals surface area contributed by atoms with Gasteiger partial charge < -0.3 is 10.6 Å². The Morgan fingerprint density at radius 3 is 2.64 bits per heavy atom. The number of thioether (sulfide) groups is 1. The van der Waals surface area contributed by atoms with Crippen LogP contribution in [0.2, 0.25) is 0 Å². The Hall–Kier alpha value is -1.86. The van der Waals surface area contributed by atoms with Gasteiger partial charge in [-0.1, -0.05) is 17.7 Å². The maximum atomic E-state index is 11.9. The molecule has 1 aromatic carbocycles. The highest BCUT2D eigenvalue weighted by atomic mass is 32.2. The number of benzene rings is 1. The van der Waals surface area contributed by atoms with Crippen LogP contribution in [0.25, 0.3) is 0 Å². The summed E-state index contributed by atoms with van der Waals surface area (Å²) in [7, 11) is 0. The molecular formula is C15H17N3O2S2. The number of anilines is 2. The van der Waals surface area contributed by atoms with Crippen molar-refractivity contribution in [3.8, 4) is 0 Å². The van der Waals surface area contributed by atoms with Gasteiger partial charge in [0, 0.05) is 17.3 Å². The average Bonchev–Trinajstić information content (AvgIpc) is 3.00. The summed E-state index contributed by atoms with van der Waals surface area (Å²) in [5.41, 5.74) is 1.90. The second-order valence-electron chi connectivity index (χ2n) is 4.69. The van der Waals surface area contributed by atoms with Gasteiger partial charge in [0.15, 0.2) is 5.13 Å². The summed E-state index contributed by atoms with van der Waals surface area (Å²) in [5.74, 6) is -0.0498. The first-order chi connectivity index (χ1) is 10.5. The van der Waals surface area contributed by atoms with Crippen LogP contribution in [-0.4, -0.2) is 27.8 Å². The van der Waals surface area contributed by atoms with Gasteiger partial charge in [0.1, 0.15) is 0 Å². The van der Waals surface area contributed by atoms with Crippen molar-refractivity contribution in [2.45, 2.75) is 19.1 Å². The normalized spacial score (nSPS) is 11.7. The molecule has 0 saturated heterocycles. The van der Waals surface area contributed by atoms with E-state index in [9.17, 15) is 9.59 Å². The standard InChI is InChI=1S/C15H17N3O2S2/c1-10-3-5-12(6-4-10)17-13(19)9-22-11(2)14(20)18-15-16-7-8-21-15/h3-8,11H,9H2,1-2H3,(H,17,19)(H,16,18,20). The topological polar surface area (TPSA) is 71.1 Å². The van der Waals surface area contributed by atoms with Gasteiger partial charge in [0.2, 0.25) is 11.8 Å². The largest absolute Gasteiger partial charge is 0.325 e. The van der Waals surface area contributed by atoms with E-state index in [0.717, 1.165) is 11.3 Å². The fraction of sp³-hybridized carbons (Fsp3) is 0.267. The molecule has 1 aromatic heterocycles. The number of rotatable bonds is 6. The van der Waals surface area contributed by atoms with Crippen LogP contribution < -0.4 is 10.6 Å². The summed E-state index contributed by atoms with van der Waals surface area (Å²) in [6.45, 7) is 3.76. The van der Waals surface area contributed by atoms with Crippen molar-refractivity contribution < 1.29 is 9.59 Å². The molecule has 0 aliphatic carbocycles. The van der Waals surface area contributed by atoms with Gasteiger partial charge in [0.25, 0.3) is 0 Å². The van der Waals surface area contributed by atoms with E-state index in [4.69, 9.17) is 0 Å². The molecule has 1 unspecified atom stereocenters. The Labute approximate surface area is 137 Å². The summed E-state index contributed by atoms with van der Waals surface area (Å²) in [6.07, 6.45) is 1.63. The lowest BCUT2D eigenvalue weighted by molar-refractivity contribution is -0.115. The van der Waals surface area contributed by atoms with Crippen molar-refractivity contribution in [1.82, 2.24) is 4.98 Å². The highest BCUT2D eigenvalue weighted by Gasteiger charge is 2.16. The SMILES string of the molecule is Cc1ccc(NC(=O)CSC(C)C(=O)Nc2nccs2)cc1. The van der Waals surface area contributed by atoms with Crippen molar-refractivity contribution in [2.24, 2.45) is 0 Å². The van der Waals surface area contributed by atoms with Gasteiger partial charge in [0.05, 0.1) is 11.0 Å². The van der Waals surface area contributed by atoms with Gasteiger partial charge >= 0.3 is 0 Å².